The van der Waals surface area contributed by atoms with E-state index in [1.807, 2.05) is 0 Å². The normalized spacial score (nSPS) is 28.6. The number of epoxide rings is 1. The lowest BCUT2D eigenvalue weighted by Gasteiger charge is -2.43. The number of aliphatic carboxylic acids is 1. The third-order valence-corrected chi connectivity index (χ3v) is 8.65. The van der Waals surface area contributed by atoms with Crippen molar-refractivity contribution < 1.29 is 44.3 Å². The van der Waals surface area contributed by atoms with Crippen LogP contribution in [0, 0.1) is 36.0 Å². The van der Waals surface area contributed by atoms with Crippen molar-refractivity contribution in [3.63, 3.8) is 0 Å². The minimum absolute atomic E-state index is 0.00658. The predicted octanol–water partition coefficient (Wildman–Crippen LogP) is 2.80. The van der Waals surface area contributed by atoms with Gasteiger partial charge in [-0.25, -0.2) is 4.79 Å². The van der Waals surface area contributed by atoms with Gasteiger partial charge in [0.25, 0.3) is 0 Å². The van der Waals surface area contributed by atoms with Crippen LogP contribution >= 0.6 is 0 Å². The summed E-state index contributed by atoms with van der Waals surface area (Å²) in [6.45, 7) is 3.40. The van der Waals surface area contributed by atoms with Gasteiger partial charge in [0.05, 0.1) is 46.5 Å². The zero-order valence-corrected chi connectivity index (χ0v) is 22.0. The van der Waals surface area contributed by atoms with Gasteiger partial charge in [-0.3, -0.25) is 9.59 Å². The van der Waals surface area contributed by atoms with E-state index in [1.54, 1.807) is 13.8 Å². The number of benzene rings is 2. The molecule has 6 rings (SSSR count). The van der Waals surface area contributed by atoms with E-state index in [1.165, 1.54) is 25.3 Å². The van der Waals surface area contributed by atoms with Gasteiger partial charge in [-0.05, 0) is 30.4 Å². The number of allylic oxidation sites excluding steroid dienone is 2. The molecule has 0 aromatic heterocycles. The van der Waals surface area contributed by atoms with E-state index in [0.717, 1.165) is 12.1 Å². The molecule has 2 heterocycles. The molecule has 10 nitrogen and oxygen atoms in total. The number of fused-ring (bicyclic) bond motifs is 4. The van der Waals surface area contributed by atoms with E-state index in [4.69, 9.17) is 15.9 Å². The first kappa shape index (κ1) is 26.1. The van der Waals surface area contributed by atoms with Crippen LogP contribution in [-0.2, 0) is 19.9 Å². The van der Waals surface area contributed by atoms with Gasteiger partial charge < -0.3 is 35.2 Å². The van der Waals surface area contributed by atoms with E-state index in [-0.39, 0.29) is 28.1 Å². The van der Waals surface area contributed by atoms with E-state index >= 15 is 0 Å². The number of ether oxygens (including phenoxy) is 2. The fraction of sp³-hybridized carbons (Fsp3) is 0.258. The lowest BCUT2D eigenvalue weighted by molar-refractivity contribution is -0.134. The fourth-order valence-electron chi connectivity index (χ4n) is 7.00. The van der Waals surface area contributed by atoms with E-state index in [0.29, 0.717) is 5.56 Å². The molecule has 1 fully saturated rings. The van der Waals surface area contributed by atoms with Gasteiger partial charge in [0.1, 0.15) is 40.3 Å². The van der Waals surface area contributed by atoms with Crippen molar-refractivity contribution in [1.82, 2.24) is 0 Å². The lowest BCUT2D eigenvalue weighted by Crippen LogP contribution is -2.55. The molecular formula is C31H23NO9. The minimum atomic E-state index is -1.32. The molecule has 1 saturated heterocycles. The lowest BCUT2D eigenvalue weighted by atomic mass is 9.60. The summed E-state index contributed by atoms with van der Waals surface area (Å²) in [7, 11) is 1.36. The van der Waals surface area contributed by atoms with Crippen LogP contribution in [0.15, 0.2) is 41.7 Å². The average Bonchev–Trinajstić information content (AvgIpc) is 3.66. The first-order chi connectivity index (χ1) is 19.5. The number of hydrogen-bond donors (Lipinski definition) is 5. The monoisotopic (exact) mass is 553 g/mol. The number of carboxylic acid groups (broad SMARTS) is 1. The Kier molecular flexibility index (Phi) is 5.34. The molecule has 2 aromatic rings. The van der Waals surface area contributed by atoms with Crippen LogP contribution in [0.2, 0.25) is 0 Å². The first-order valence-electron chi connectivity index (χ1n) is 12.6. The summed E-state index contributed by atoms with van der Waals surface area (Å²) in [6, 6.07) is 2.57. The van der Waals surface area contributed by atoms with Gasteiger partial charge in [0, 0.05) is 11.5 Å². The second-order valence-corrected chi connectivity index (χ2v) is 10.3. The maximum absolute atomic E-state index is 13.9. The van der Waals surface area contributed by atoms with Gasteiger partial charge in [0.2, 0.25) is 11.6 Å². The summed E-state index contributed by atoms with van der Waals surface area (Å²) >= 11 is 0. The number of rotatable bonds is 2. The molecule has 5 N–H and O–H groups in total. The van der Waals surface area contributed by atoms with Crippen molar-refractivity contribution in [3.8, 4) is 41.4 Å². The number of methoxy groups -OCH3 is 1. The zero-order chi connectivity index (χ0) is 29.6. The molecule has 1 unspecified atom stereocenters. The van der Waals surface area contributed by atoms with Crippen LogP contribution in [0.4, 0.5) is 5.69 Å². The SMILES string of the molecule is C#C/C=C\C#C[C@@H]1Nc2c(cc(O)c3c2C(=O)c2c(O)ccc(O)c2C3=O)[C@@]23O[C@@]12[C@@H](C)C(C(=O)O)=C(OC)C3C. The van der Waals surface area contributed by atoms with Crippen LogP contribution in [0.5, 0.6) is 17.2 Å². The average molecular weight is 554 g/mol. The van der Waals surface area contributed by atoms with Crippen LogP contribution in [-0.4, -0.2) is 56.7 Å². The number of carbonyl (C=O) groups is 3. The molecule has 0 bridgehead atoms. The van der Waals surface area contributed by atoms with Crippen LogP contribution in [0.25, 0.3) is 0 Å². The summed E-state index contributed by atoms with van der Waals surface area (Å²) in [5, 5.41) is 45.5. The third kappa shape index (κ3) is 2.94. The number of terminal acetylenes is 1. The Bertz CT molecular complexity index is 1800. The third-order valence-electron chi connectivity index (χ3n) is 8.65. The molecular weight excluding hydrogens is 530 g/mol. The molecule has 5 atom stereocenters. The number of carboxylic acids is 1. The summed E-state index contributed by atoms with van der Waals surface area (Å²) in [4.78, 5) is 39.9. The quantitative estimate of drug-likeness (QED) is 0.181. The van der Waals surface area contributed by atoms with Crippen LogP contribution in [0.1, 0.15) is 51.3 Å². The number of hydrogen-bond acceptors (Lipinski definition) is 9. The van der Waals surface area contributed by atoms with Crippen molar-refractivity contribution in [2.45, 2.75) is 31.1 Å². The van der Waals surface area contributed by atoms with E-state index in [2.05, 4.69) is 23.1 Å². The topological polar surface area (TPSA) is 166 Å². The number of nitrogens with one attached hydrogen (secondary N) is 1. The van der Waals surface area contributed by atoms with Gasteiger partial charge in [-0.2, -0.15) is 0 Å². The summed E-state index contributed by atoms with van der Waals surface area (Å²) in [5.74, 6) is 2.42. The second kappa shape index (κ2) is 8.40. The molecule has 0 saturated carbocycles. The van der Waals surface area contributed by atoms with Gasteiger partial charge in [-0.1, -0.05) is 31.6 Å². The number of ketones is 2. The molecule has 2 aliphatic heterocycles. The minimum Gasteiger partial charge on any atom is -0.507 e. The Hall–Kier alpha value is -5.19. The summed E-state index contributed by atoms with van der Waals surface area (Å²) in [5.41, 5.74) is -3.56. The predicted molar refractivity (Wildman–Crippen MR) is 143 cm³/mol. The first-order valence-corrected chi connectivity index (χ1v) is 12.6. The highest BCUT2D eigenvalue weighted by Crippen LogP contribution is 2.74. The Labute approximate surface area is 233 Å². The van der Waals surface area contributed by atoms with Crippen molar-refractivity contribution >= 4 is 23.2 Å². The Balaban J connectivity index is 1.68. The molecule has 0 amide bonds. The molecule has 206 valence electrons. The largest absolute Gasteiger partial charge is 0.507 e. The highest BCUT2D eigenvalue weighted by Gasteiger charge is 2.84. The molecule has 0 radical (unpaired) electrons. The van der Waals surface area contributed by atoms with Gasteiger partial charge in [-0.15, -0.1) is 6.42 Å². The standard InChI is InChI=1S/C31H23NO9/c1-5-6-7-8-9-19-31-13(2)20(29(38)39)28(40-4)14(3)30(31,41-31)15-12-18(35)23-24(25(15)32-19)27(37)22-17(34)11-10-16(33)21(22)26(23)36/h1,6-7,10-14,19,32-35H,2-4H3,(H,38,39)/b7-6-/t13-,14?,19-,30+,31-/m0/s1. The summed E-state index contributed by atoms with van der Waals surface area (Å²) < 4.78 is 12.1. The maximum atomic E-state index is 13.9. The van der Waals surface area contributed by atoms with Crippen LogP contribution < -0.4 is 5.32 Å². The number of phenols is 3. The molecule has 4 aliphatic rings. The van der Waals surface area contributed by atoms with Crippen molar-refractivity contribution in [2.75, 3.05) is 12.4 Å². The maximum Gasteiger partial charge on any atom is 0.335 e. The van der Waals surface area contributed by atoms with E-state index in [9.17, 15) is 34.8 Å². The molecule has 2 aliphatic carbocycles. The molecule has 10 heteroatoms. The molecule has 0 spiro atoms. The van der Waals surface area contributed by atoms with Crippen molar-refractivity contribution in [2.24, 2.45) is 11.8 Å². The van der Waals surface area contributed by atoms with Gasteiger partial charge in [0.15, 0.2) is 0 Å². The number of anilines is 1. The fourth-order valence-corrected chi connectivity index (χ4v) is 7.00. The van der Waals surface area contributed by atoms with Crippen LogP contribution in [0.3, 0.4) is 0 Å². The highest BCUT2D eigenvalue weighted by atomic mass is 16.6. The number of aromatic hydroxyl groups is 3. The van der Waals surface area contributed by atoms with Crippen molar-refractivity contribution in [1.29, 1.82) is 0 Å². The molecule has 41 heavy (non-hydrogen) atoms. The highest BCUT2D eigenvalue weighted by molar-refractivity contribution is 6.33. The zero-order valence-electron chi connectivity index (χ0n) is 22.0. The second-order valence-electron chi connectivity index (χ2n) is 10.3. The smallest absolute Gasteiger partial charge is 0.335 e. The Morgan fingerprint density at radius 1 is 1.02 bits per heavy atom. The Morgan fingerprint density at radius 3 is 2.22 bits per heavy atom. The van der Waals surface area contributed by atoms with Gasteiger partial charge >= 0.3 is 5.97 Å². The van der Waals surface area contributed by atoms with E-state index < -0.39 is 75.0 Å². The number of phenolic OH excluding ortho intramolecular Hbond substituents is 3. The number of carbonyl (C=O) groups excluding carboxylic acids is 2. The summed E-state index contributed by atoms with van der Waals surface area (Å²) in [6.07, 6.45) is 8.11. The van der Waals surface area contributed by atoms with Crippen molar-refractivity contribution in [3.05, 3.63) is 69.5 Å². The molecule has 2 aromatic carbocycles. The Morgan fingerprint density at radius 2 is 1.63 bits per heavy atom.